The van der Waals surface area contributed by atoms with E-state index in [1.807, 2.05) is 12.3 Å². The normalized spacial score (nSPS) is 31.5. The van der Waals surface area contributed by atoms with Gasteiger partial charge in [-0.1, -0.05) is 18.0 Å². The molecule has 3 atom stereocenters. The van der Waals surface area contributed by atoms with Gasteiger partial charge in [-0.25, -0.2) is 4.98 Å². The lowest BCUT2D eigenvalue weighted by Crippen LogP contribution is -2.38. The molecule has 0 aromatic carbocycles. The summed E-state index contributed by atoms with van der Waals surface area (Å²) in [7, 11) is 0. The van der Waals surface area contributed by atoms with Gasteiger partial charge in [0.15, 0.2) is 0 Å². The molecule has 1 aliphatic heterocycles. The topological polar surface area (TPSA) is 42.1 Å². The van der Waals surface area contributed by atoms with Gasteiger partial charge in [0.1, 0.15) is 5.82 Å². The Bertz CT molecular complexity index is 454. The Labute approximate surface area is 121 Å². The van der Waals surface area contributed by atoms with Gasteiger partial charge in [-0.05, 0) is 46.7 Å². The molecule has 2 aliphatic rings. The van der Waals surface area contributed by atoms with Crippen LogP contribution in [0.5, 0.6) is 0 Å². The molecule has 3 rings (SSSR count). The lowest BCUT2D eigenvalue weighted by Gasteiger charge is -2.29. The number of hydrogen-bond donors (Lipinski definition) is 1. The highest BCUT2D eigenvalue weighted by Crippen LogP contribution is 2.39. The van der Waals surface area contributed by atoms with E-state index in [1.165, 1.54) is 12.8 Å². The van der Waals surface area contributed by atoms with E-state index >= 15 is 0 Å². The predicted octanol–water partition coefficient (Wildman–Crippen LogP) is 3.06. The minimum absolute atomic E-state index is 0.350. The van der Waals surface area contributed by atoms with Crippen LogP contribution in [-0.4, -0.2) is 24.1 Å². The van der Waals surface area contributed by atoms with Crippen LogP contribution >= 0.6 is 27.5 Å². The fraction of sp³-hybridized carbons (Fsp3) is 0.615. The number of rotatable bonds is 1. The van der Waals surface area contributed by atoms with Crippen molar-refractivity contribution in [2.45, 2.75) is 25.3 Å². The largest absolute Gasteiger partial charge is 0.355 e. The summed E-state index contributed by atoms with van der Waals surface area (Å²) in [6.45, 7) is 2.05. The average Bonchev–Trinajstić information content (AvgIpc) is 2.74. The number of aromatic nitrogens is 1. The van der Waals surface area contributed by atoms with E-state index in [9.17, 15) is 0 Å². The molecule has 0 amide bonds. The molecule has 3 unspecified atom stereocenters. The first-order chi connectivity index (χ1) is 8.65. The highest BCUT2D eigenvalue weighted by molar-refractivity contribution is 9.10. The first-order valence-corrected chi connectivity index (χ1v) is 7.64. The van der Waals surface area contributed by atoms with Crippen LogP contribution in [0.4, 0.5) is 5.82 Å². The molecule has 2 fully saturated rings. The van der Waals surface area contributed by atoms with Crippen molar-refractivity contribution in [3.8, 4) is 0 Å². The van der Waals surface area contributed by atoms with Crippen molar-refractivity contribution in [1.82, 2.24) is 4.98 Å². The molecular formula is C13H17BrClN3. The zero-order chi connectivity index (χ0) is 12.7. The number of halogens is 2. The Morgan fingerprint density at radius 3 is 2.94 bits per heavy atom. The maximum Gasteiger partial charge on any atom is 0.147 e. The summed E-state index contributed by atoms with van der Waals surface area (Å²) < 4.78 is 0.921. The van der Waals surface area contributed by atoms with E-state index < -0.39 is 0 Å². The molecule has 2 N–H and O–H groups in total. The molecule has 2 heterocycles. The molecule has 5 heteroatoms. The Kier molecular flexibility index (Phi) is 3.52. The zero-order valence-electron chi connectivity index (χ0n) is 10.1. The van der Waals surface area contributed by atoms with Gasteiger partial charge in [-0.3, -0.25) is 0 Å². The number of nitrogens with zero attached hydrogens (tertiary/aromatic N) is 2. The Morgan fingerprint density at radius 2 is 2.22 bits per heavy atom. The summed E-state index contributed by atoms with van der Waals surface area (Å²) in [5, 5.41) is 0.719. The predicted molar refractivity (Wildman–Crippen MR) is 78.0 cm³/mol. The molecule has 1 saturated carbocycles. The van der Waals surface area contributed by atoms with E-state index in [0.717, 1.165) is 40.7 Å². The first-order valence-electron chi connectivity index (χ1n) is 6.46. The summed E-state index contributed by atoms with van der Waals surface area (Å²) in [5.41, 5.74) is 6.23. The number of hydrogen-bond acceptors (Lipinski definition) is 3. The second-order valence-electron chi connectivity index (χ2n) is 5.38. The average molecular weight is 331 g/mol. The third-order valence-electron chi connectivity index (χ3n) is 4.24. The second kappa shape index (κ2) is 4.99. The molecule has 1 aromatic rings. The van der Waals surface area contributed by atoms with E-state index in [0.29, 0.717) is 12.0 Å². The van der Waals surface area contributed by atoms with Gasteiger partial charge in [0.25, 0.3) is 0 Å². The van der Waals surface area contributed by atoms with E-state index in [-0.39, 0.29) is 0 Å². The van der Waals surface area contributed by atoms with Crippen LogP contribution < -0.4 is 10.6 Å². The highest BCUT2D eigenvalue weighted by Gasteiger charge is 2.39. The van der Waals surface area contributed by atoms with E-state index in [1.54, 1.807) is 0 Å². The lowest BCUT2D eigenvalue weighted by molar-refractivity contribution is 0.260. The van der Waals surface area contributed by atoms with Crippen LogP contribution in [0.2, 0.25) is 5.02 Å². The molecular weight excluding hydrogens is 314 g/mol. The minimum atomic E-state index is 0.350. The van der Waals surface area contributed by atoms with Crippen LogP contribution in [0.3, 0.4) is 0 Å². The molecule has 1 aliphatic carbocycles. The van der Waals surface area contributed by atoms with Crippen LogP contribution in [0.25, 0.3) is 0 Å². The SMILES string of the molecule is NC1CCCC2CN(c3ncc(Br)cc3Cl)CC12. The summed E-state index contributed by atoms with van der Waals surface area (Å²) in [6.07, 6.45) is 5.53. The van der Waals surface area contributed by atoms with Crippen LogP contribution in [0.15, 0.2) is 16.7 Å². The quantitative estimate of drug-likeness (QED) is 0.860. The van der Waals surface area contributed by atoms with E-state index in [2.05, 4.69) is 25.8 Å². The van der Waals surface area contributed by atoms with Crippen molar-refractivity contribution < 1.29 is 0 Å². The van der Waals surface area contributed by atoms with Gasteiger partial charge < -0.3 is 10.6 Å². The summed E-state index contributed by atoms with van der Waals surface area (Å²) >= 11 is 9.67. The third kappa shape index (κ3) is 2.26. The number of anilines is 1. The Balaban J connectivity index is 1.82. The Morgan fingerprint density at radius 1 is 1.39 bits per heavy atom. The smallest absolute Gasteiger partial charge is 0.147 e. The standard InChI is InChI=1S/C13H17BrClN3/c14-9-4-11(15)13(17-5-9)18-6-8-2-1-3-12(16)10(8)7-18/h4-5,8,10,12H,1-3,6-7,16H2. The van der Waals surface area contributed by atoms with Gasteiger partial charge in [0.2, 0.25) is 0 Å². The minimum Gasteiger partial charge on any atom is -0.355 e. The lowest BCUT2D eigenvalue weighted by atomic mass is 9.78. The third-order valence-corrected chi connectivity index (χ3v) is 4.95. The van der Waals surface area contributed by atoms with Gasteiger partial charge in [0.05, 0.1) is 5.02 Å². The van der Waals surface area contributed by atoms with Gasteiger partial charge in [-0.15, -0.1) is 0 Å². The highest BCUT2D eigenvalue weighted by atomic mass is 79.9. The van der Waals surface area contributed by atoms with Crippen LogP contribution in [0, 0.1) is 11.8 Å². The summed E-state index contributed by atoms with van der Waals surface area (Å²) in [6, 6.07) is 2.26. The number of nitrogens with two attached hydrogens (primary N) is 1. The summed E-state index contributed by atoms with van der Waals surface area (Å²) in [4.78, 5) is 6.75. The monoisotopic (exact) mass is 329 g/mol. The maximum absolute atomic E-state index is 6.28. The van der Waals surface area contributed by atoms with Crippen molar-refractivity contribution in [2.75, 3.05) is 18.0 Å². The van der Waals surface area contributed by atoms with Crippen molar-refractivity contribution in [2.24, 2.45) is 17.6 Å². The van der Waals surface area contributed by atoms with Gasteiger partial charge >= 0.3 is 0 Å². The molecule has 0 bridgehead atoms. The van der Waals surface area contributed by atoms with Crippen molar-refractivity contribution in [3.05, 3.63) is 21.8 Å². The first kappa shape index (κ1) is 12.7. The van der Waals surface area contributed by atoms with Gasteiger partial charge in [-0.2, -0.15) is 0 Å². The molecule has 1 aromatic heterocycles. The zero-order valence-corrected chi connectivity index (χ0v) is 12.5. The Hall–Kier alpha value is -0.320. The molecule has 0 spiro atoms. The second-order valence-corrected chi connectivity index (χ2v) is 6.71. The van der Waals surface area contributed by atoms with E-state index in [4.69, 9.17) is 17.3 Å². The molecule has 3 nitrogen and oxygen atoms in total. The van der Waals surface area contributed by atoms with Crippen LogP contribution in [0.1, 0.15) is 19.3 Å². The van der Waals surface area contributed by atoms with Gasteiger partial charge in [0, 0.05) is 29.8 Å². The maximum atomic E-state index is 6.28. The van der Waals surface area contributed by atoms with Crippen molar-refractivity contribution in [1.29, 1.82) is 0 Å². The molecule has 18 heavy (non-hydrogen) atoms. The molecule has 1 saturated heterocycles. The van der Waals surface area contributed by atoms with Crippen molar-refractivity contribution >= 4 is 33.3 Å². The fourth-order valence-corrected chi connectivity index (χ4v) is 4.08. The van der Waals surface area contributed by atoms with Crippen LogP contribution in [-0.2, 0) is 0 Å². The number of pyridine rings is 1. The molecule has 0 radical (unpaired) electrons. The van der Waals surface area contributed by atoms with Crippen molar-refractivity contribution in [3.63, 3.8) is 0 Å². The fourth-order valence-electron chi connectivity index (χ4n) is 3.33. The summed E-state index contributed by atoms with van der Waals surface area (Å²) in [5.74, 6) is 2.23. The molecule has 98 valence electrons. The number of fused-ring (bicyclic) bond motifs is 1.